The lowest BCUT2D eigenvalue weighted by Crippen LogP contribution is -2.42. The summed E-state index contributed by atoms with van der Waals surface area (Å²) in [5.41, 5.74) is 1.49. The van der Waals surface area contributed by atoms with Gasteiger partial charge in [-0.1, -0.05) is 46.3 Å². The summed E-state index contributed by atoms with van der Waals surface area (Å²) in [6.07, 6.45) is -0.881. The van der Waals surface area contributed by atoms with Gasteiger partial charge < -0.3 is 5.32 Å². The Morgan fingerprint density at radius 1 is 0.964 bits per heavy atom. The molecule has 0 spiro atoms. The first-order valence-electron chi connectivity index (χ1n) is 8.43. The quantitative estimate of drug-likeness (QED) is 0.590. The molecule has 0 aliphatic carbocycles. The summed E-state index contributed by atoms with van der Waals surface area (Å²) in [7, 11) is -3.87. The normalized spacial score (nSPS) is 18.3. The van der Waals surface area contributed by atoms with Crippen LogP contribution < -0.4 is 5.32 Å². The number of sulfonamides is 1. The van der Waals surface area contributed by atoms with E-state index in [1.807, 2.05) is 24.3 Å². The summed E-state index contributed by atoms with van der Waals surface area (Å²) in [6, 6.07) is 17.2. The van der Waals surface area contributed by atoms with Crippen molar-refractivity contribution < 1.29 is 17.2 Å². The van der Waals surface area contributed by atoms with Gasteiger partial charge in [0.1, 0.15) is 11.1 Å². The second-order valence-electron chi connectivity index (χ2n) is 6.40. The molecule has 4 nitrogen and oxygen atoms in total. The van der Waals surface area contributed by atoms with Crippen LogP contribution >= 0.6 is 15.9 Å². The van der Waals surface area contributed by atoms with Gasteiger partial charge in [-0.15, -0.1) is 0 Å². The molecule has 28 heavy (non-hydrogen) atoms. The minimum atomic E-state index is -3.87. The highest BCUT2D eigenvalue weighted by molar-refractivity contribution is 9.10. The number of hydrogen-bond donors (Lipinski definition) is 1. The molecule has 8 heteroatoms. The number of hydrogen-bond acceptors (Lipinski definition) is 3. The highest BCUT2D eigenvalue weighted by Gasteiger charge is 2.39. The van der Waals surface area contributed by atoms with Crippen molar-refractivity contribution in [2.75, 3.05) is 5.32 Å². The second kappa shape index (κ2) is 7.27. The van der Waals surface area contributed by atoms with Gasteiger partial charge in [0.25, 0.3) is 0 Å². The Kier molecular flexibility index (Phi) is 4.95. The molecule has 0 radical (unpaired) electrons. The minimum absolute atomic E-state index is 0.0623. The predicted octanol–water partition coefficient (Wildman–Crippen LogP) is 5.04. The molecule has 0 amide bonds. The predicted molar refractivity (Wildman–Crippen MR) is 106 cm³/mol. The molecule has 4 rings (SSSR count). The number of benzene rings is 3. The van der Waals surface area contributed by atoms with Crippen LogP contribution in [-0.2, 0) is 16.6 Å². The molecule has 0 fully saturated rings. The Bertz CT molecular complexity index is 1150. The monoisotopic (exact) mass is 464 g/mol. The van der Waals surface area contributed by atoms with E-state index in [-0.39, 0.29) is 11.4 Å². The van der Waals surface area contributed by atoms with Crippen molar-refractivity contribution in [2.45, 2.75) is 17.6 Å². The van der Waals surface area contributed by atoms with Gasteiger partial charge in [0.15, 0.2) is 11.6 Å². The SMILES string of the molecule is O=S1(=O)c2ccccc2NC(c2ccc(F)c(F)c2)N1Cc1cccc(Br)c1. The Balaban J connectivity index is 1.85. The first-order chi connectivity index (χ1) is 13.4. The molecule has 3 aromatic carbocycles. The maximum Gasteiger partial charge on any atom is 0.247 e. The summed E-state index contributed by atoms with van der Waals surface area (Å²) >= 11 is 3.38. The largest absolute Gasteiger partial charge is 0.364 e. The second-order valence-corrected chi connectivity index (χ2v) is 9.17. The average Bonchev–Trinajstić information content (AvgIpc) is 2.66. The maximum atomic E-state index is 13.9. The van der Waals surface area contributed by atoms with E-state index < -0.39 is 27.8 Å². The van der Waals surface area contributed by atoms with Crippen LogP contribution in [0.25, 0.3) is 0 Å². The van der Waals surface area contributed by atoms with Crippen LogP contribution in [0.15, 0.2) is 76.1 Å². The number of halogens is 3. The van der Waals surface area contributed by atoms with E-state index in [1.165, 1.54) is 16.4 Å². The highest BCUT2D eigenvalue weighted by atomic mass is 79.9. The third-order valence-corrected chi connectivity index (χ3v) is 6.90. The van der Waals surface area contributed by atoms with Crippen molar-refractivity contribution in [3.8, 4) is 0 Å². The fourth-order valence-electron chi connectivity index (χ4n) is 3.22. The molecular weight excluding hydrogens is 450 g/mol. The molecule has 144 valence electrons. The van der Waals surface area contributed by atoms with Gasteiger partial charge in [0.05, 0.1) is 5.69 Å². The lowest BCUT2D eigenvalue weighted by molar-refractivity contribution is 0.334. The molecule has 1 heterocycles. The Morgan fingerprint density at radius 3 is 2.50 bits per heavy atom. The zero-order chi connectivity index (χ0) is 19.9. The van der Waals surface area contributed by atoms with Crippen LogP contribution in [0.2, 0.25) is 0 Å². The maximum absolute atomic E-state index is 13.9. The summed E-state index contributed by atoms with van der Waals surface area (Å²) in [5.74, 6) is -2.01. The van der Waals surface area contributed by atoms with Crippen LogP contribution in [0, 0.1) is 11.6 Å². The third kappa shape index (κ3) is 3.43. The lowest BCUT2D eigenvalue weighted by atomic mass is 10.1. The summed E-state index contributed by atoms with van der Waals surface area (Å²) < 4.78 is 56.0. The first kappa shape index (κ1) is 19.0. The van der Waals surface area contributed by atoms with Gasteiger partial charge >= 0.3 is 0 Å². The van der Waals surface area contributed by atoms with Crippen molar-refractivity contribution in [3.63, 3.8) is 0 Å². The van der Waals surface area contributed by atoms with E-state index in [0.717, 1.165) is 22.2 Å². The van der Waals surface area contributed by atoms with E-state index in [4.69, 9.17) is 0 Å². The number of para-hydroxylation sites is 1. The molecule has 1 aliphatic rings. The van der Waals surface area contributed by atoms with Crippen molar-refractivity contribution in [1.82, 2.24) is 4.31 Å². The van der Waals surface area contributed by atoms with Gasteiger partial charge in [-0.3, -0.25) is 0 Å². The van der Waals surface area contributed by atoms with E-state index in [1.54, 1.807) is 18.2 Å². The fourth-order valence-corrected chi connectivity index (χ4v) is 5.34. The number of fused-ring (bicyclic) bond motifs is 1. The molecule has 1 aliphatic heterocycles. The van der Waals surface area contributed by atoms with Gasteiger partial charge in [0.2, 0.25) is 10.0 Å². The molecule has 0 saturated heterocycles. The van der Waals surface area contributed by atoms with E-state index in [9.17, 15) is 17.2 Å². The lowest BCUT2D eigenvalue weighted by Gasteiger charge is -2.37. The number of nitrogens with one attached hydrogen (secondary N) is 1. The smallest absolute Gasteiger partial charge is 0.247 e. The summed E-state index contributed by atoms with van der Waals surface area (Å²) in [6.45, 7) is 0.0623. The molecule has 0 aromatic heterocycles. The molecule has 0 bridgehead atoms. The fraction of sp³-hybridized carbons (Fsp3) is 0.100. The van der Waals surface area contributed by atoms with Gasteiger partial charge in [-0.2, -0.15) is 4.31 Å². The standard InChI is InChI=1S/C20H15BrF2N2O2S/c21-15-5-3-4-13(10-15)12-25-20(14-8-9-16(22)17(23)11-14)24-18-6-1-2-7-19(18)28(25,26)27/h1-11,20,24H,12H2. The van der Waals surface area contributed by atoms with Crippen LogP contribution in [0.3, 0.4) is 0 Å². The van der Waals surface area contributed by atoms with E-state index >= 15 is 0 Å². The Labute approximate surface area is 170 Å². The molecule has 1 N–H and O–H groups in total. The minimum Gasteiger partial charge on any atom is -0.364 e. The number of anilines is 1. The Hall–Kier alpha value is -2.29. The third-order valence-electron chi connectivity index (χ3n) is 4.54. The van der Waals surface area contributed by atoms with Crippen molar-refractivity contribution in [1.29, 1.82) is 0 Å². The highest BCUT2D eigenvalue weighted by Crippen LogP contribution is 2.39. The average molecular weight is 465 g/mol. The zero-order valence-electron chi connectivity index (χ0n) is 14.4. The molecular formula is C20H15BrF2N2O2S. The van der Waals surface area contributed by atoms with Crippen molar-refractivity contribution in [2.24, 2.45) is 0 Å². The summed E-state index contributed by atoms with van der Waals surface area (Å²) in [4.78, 5) is 0.142. The van der Waals surface area contributed by atoms with E-state index in [2.05, 4.69) is 21.2 Å². The number of nitrogens with zero attached hydrogens (tertiary/aromatic N) is 1. The van der Waals surface area contributed by atoms with E-state index in [0.29, 0.717) is 11.3 Å². The Morgan fingerprint density at radius 2 is 1.75 bits per heavy atom. The van der Waals surface area contributed by atoms with Crippen LogP contribution in [0.1, 0.15) is 17.3 Å². The van der Waals surface area contributed by atoms with Crippen molar-refractivity contribution in [3.05, 3.63) is 94.0 Å². The van der Waals surface area contributed by atoms with Gasteiger partial charge in [-0.05, 0) is 47.5 Å². The van der Waals surface area contributed by atoms with Gasteiger partial charge in [-0.25, -0.2) is 17.2 Å². The number of rotatable bonds is 3. The van der Waals surface area contributed by atoms with Crippen LogP contribution in [0.5, 0.6) is 0 Å². The zero-order valence-corrected chi connectivity index (χ0v) is 16.8. The van der Waals surface area contributed by atoms with Gasteiger partial charge in [0, 0.05) is 11.0 Å². The van der Waals surface area contributed by atoms with Crippen molar-refractivity contribution >= 4 is 31.6 Å². The summed E-state index contributed by atoms with van der Waals surface area (Å²) in [5, 5.41) is 3.15. The molecule has 1 unspecified atom stereocenters. The van der Waals surface area contributed by atoms with Crippen LogP contribution in [0.4, 0.5) is 14.5 Å². The first-order valence-corrected chi connectivity index (χ1v) is 10.7. The molecule has 0 saturated carbocycles. The topological polar surface area (TPSA) is 49.4 Å². The molecule has 1 atom stereocenters. The molecule has 3 aromatic rings. The van der Waals surface area contributed by atoms with Crippen LogP contribution in [-0.4, -0.2) is 12.7 Å².